The Morgan fingerprint density at radius 2 is 2.17 bits per heavy atom. The summed E-state index contributed by atoms with van der Waals surface area (Å²) in [6.45, 7) is 0.289. The van der Waals surface area contributed by atoms with Crippen molar-refractivity contribution >= 4 is 32.6 Å². The van der Waals surface area contributed by atoms with Gasteiger partial charge in [0.1, 0.15) is 10.7 Å². The summed E-state index contributed by atoms with van der Waals surface area (Å²) in [6, 6.07) is 5.29. The van der Waals surface area contributed by atoms with Crippen LogP contribution in [0.5, 0.6) is 0 Å². The van der Waals surface area contributed by atoms with Gasteiger partial charge in [0.05, 0.1) is 19.3 Å². The van der Waals surface area contributed by atoms with Crippen LogP contribution in [0.1, 0.15) is 10.6 Å². The number of methoxy groups -OCH3 is 1. The summed E-state index contributed by atoms with van der Waals surface area (Å²) < 4.78 is 44.8. The Hall–Kier alpha value is -2.04. The topological polar surface area (TPSA) is 88.6 Å². The first-order chi connectivity index (χ1) is 11.4. The quantitative estimate of drug-likeness (QED) is 0.894. The lowest BCUT2D eigenvalue weighted by atomic mass is 10.2. The third kappa shape index (κ3) is 3.12. The summed E-state index contributed by atoms with van der Waals surface area (Å²) in [5.41, 5.74) is 0.728. The van der Waals surface area contributed by atoms with Crippen LogP contribution in [0.15, 0.2) is 29.2 Å². The average Bonchev–Trinajstić information content (AvgIpc) is 2.96. The SMILES string of the molecule is COC(=O)Nc1nc2c(s1)CN(S(=O)(=O)c1ccccc1F)CC2. The molecular weight excluding hydrogens is 357 g/mol. The van der Waals surface area contributed by atoms with E-state index in [-0.39, 0.29) is 18.0 Å². The van der Waals surface area contributed by atoms with E-state index in [0.29, 0.717) is 16.4 Å². The van der Waals surface area contributed by atoms with E-state index in [9.17, 15) is 17.6 Å². The zero-order valence-electron chi connectivity index (χ0n) is 12.7. The van der Waals surface area contributed by atoms with Crippen LogP contribution in [-0.2, 0) is 27.7 Å². The first-order valence-corrected chi connectivity index (χ1v) is 9.25. The van der Waals surface area contributed by atoms with E-state index in [4.69, 9.17) is 0 Å². The Morgan fingerprint density at radius 1 is 1.42 bits per heavy atom. The van der Waals surface area contributed by atoms with Crippen molar-refractivity contribution < 1.29 is 22.3 Å². The molecule has 0 saturated carbocycles. The second kappa shape index (κ2) is 6.46. The lowest BCUT2D eigenvalue weighted by molar-refractivity contribution is 0.187. The number of carbonyl (C=O) groups excluding carboxylic acids is 1. The number of fused-ring (bicyclic) bond motifs is 1. The van der Waals surface area contributed by atoms with Crippen molar-refractivity contribution in [2.75, 3.05) is 19.0 Å². The first kappa shape index (κ1) is 16.8. The molecule has 0 spiro atoms. The number of nitrogens with zero attached hydrogens (tertiary/aromatic N) is 2. The maximum absolute atomic E-state index is 13.8. The summed E-state index contributed by atoms with van der Waals surface area (Å²) in [4.78, 5) is 15.9. The Balaban J connectivity index is 1.85. The fraction of sp³-hybridized carbons (Fsp3) is 0.286. The number of nitrogens with one attached hydrogen (secondary N) is 1. The highest BCUT2D eigenvalue weighted by Gasteiger charge is 2.32. The van der Waals surface area contributed by atoms with E-state index in [1.807, 2.05) is 0 Å². The second-order valence-corrected chi connectivity index (χ2v) is 8.01. The summed E-state index contributed by atoms with van der Waals surface area (Å²) >= 11 is 1.18. The minimum atomic E-state index is -3.93. The van der Waals surface area contributed by atoms with Crippen LogP contribution in [0.2, 0.25) is 0 Å². The highest BCUT2D eigenvalue weighted by atomic mass is 32.2. The number of benzene rings is 1. The van der Waals surface area contributed by atoms with Gasteiger partial charge >= 0.3 is 6.09 Å². The van der Waals surface area contributed by atoms with E-state index in [1.165, 1.54) is 41.0 Å². The Morgan fingerprint density at radius 3 is 2.88 bits per heavy atom. The Kier molecular flexibility index (Phi) is 4.52. The lowest BCUT2D eigenvalue weighted by Crippen LogP contribution is -2.35. The third-order valence-electron chi connectivity index (χ3n) is 3.55. The first-order valence-electron chi connectivity index (χ1n) is 7.00. The summed E-state index contributed by atoms with van der Waals surface area (Å²) in [7, 11) is -2.69. The largest absolute Gasteiger partial charge is 0.453 e. The van der Waals surface area contributed by atoms with Crippen LogP contribution < -0.4 is 5.32 Å². The van der Waals surface area contributed by atoms with E-state index >= 15 is 0 Å². The predicted octanol–water partition coefficient (Wildman–Crippen LogP) is 2.21. The van der Waals surface area contributed by atoms with Gasteiger partial charge in [0, 0.05) is 17.8 Å². The fourth-order valence-electron chi connectivity index (χ4n) is 2.36. The van der Waals surface area contributed by atoms with Crippen LogP contribution in [0.4, 0.5) is 14.3 Å². The number of carbonyl (C=O) groups is 1. The molecule has 24 heavy (non-hydrogen) atoms. The summed E-state index contributed by atoms with van der Waals surface area (Å²) in [5.74, 6) is -0.777. The predicted molar refractivity (Wildman–Crippen MR) is 85.8 cm³/mol. The van der Waals surface area contributed by atoms with Gasteiger partial charge in [0.2, 0.25) is 10.0 Å². The average molecular weight is 371 g/mol. The van der Waals surface area contributed by atoms with Crippen molar-refractivity contribution in [1.82, 2.24) is 9.29 Å². The number of hydrogen-bond donors (Lipinski definition) is 1. The van der Waals surface area contributed by atoms with Crippen molar-refractivity contribution in [3.8, 4) is 0 Å². The van der Waals surface area contributed by atoms with Gasteiger partial charge in [-0.15, -0.1) is 0 Å². The van der Waals surface area contributed by atoms with Gasteiger partial charge in [0.15, 0.2) is 5.13 Å². The molecule has 7 nitrogen and oxygen atoms in total. The molecule has 128 valence electrons. The van der Waals surface area contributed by atoms with Gasteiger partial charge in [-0.3, -0.25) is 5.32 Å². The van der Waals surface area contributed by atoms with Crippen LogP contribution in [-0.4, -0.2) is 37.5 Å². The molecule has 1 aromatic heterocycles. The number of rotatable bonds is 3. The van der Waals surface area contributed by atoms with Gasteiger partial charge in [-0.1, -0.05) is 23.5 Å². The van der Waals surface area contributed by atoms with E-state index in [1.54, 1.807) is 0 Å². The molecule has 0 unspecified atom stereocenters. The van der Waals surface area contributed by atoms with Crippen molar-refractivity contribution in [3.63, 3.8) is 0 Å². The van der Waals surface area contributed by atoms with Crippen molar-refractivity contribution in [2.24, 2.45) is 0 Å². The number of hydrogen-bond acceptors (Lipinski definition) is 6. The molecule has 2 heterocycles. The minimum Gasteiger partial charge on any atom is -0.453 e. The Bertz CT molecular complexity index is 882. The van der Waals surface area contributed by atoms with E-state index < -0.39 is 21.9 Å². The molecule has 0 aliphatic carbocycles. The summed E-state index contributed by atoms with van der Waals surface area (Å²) in [6.07, 6.45) is -0.250. The number of aromatic nitrogens is 1. The molecule has 0 atom stereocenters. The van der Waals surface area contributed by atoms with Gasteiger partial charge in [-0.05, 0) is 12.1 Å². The van der Waals surface area contributed by atoms with Crippen molar-refractivity contribution in [3.05, 3.63) is 40.7 Å². The molecule has 1 aliphatic rings. The zero-order valence-corrected chi connectivity index (χ0v) is 14.3. The molecule has 10 heteroatoms. The van der Waals surface area contributed by atoms with Crippen LogP contribution in [0.25, 0.3) is 0 Å². The lowest BCUT2D eigenvalue weighted by Gasteiger charge is -2.25. The van der Waals surface area contributed by atoms with Gasteiger partial charge in [-0.2, -0.15) is 4.31 Å². The number of amides is 1. The molecule has 1 aliphatic heterocycles. The highest BCUT2D eigenvalue weighted by molar-refractivity contribution is 7.89. The fourth-order valence-corrected chi connectivity index (χ4v) is 4.93. The Labute approximate surface area is 142 Å². The maximum Gasteiger partial charge on any atom is 0.413 e. The molecule has 1 aromatic carbocycles. The van der Waals surface area contributed by atoms with Crippen LogP contribution in [0, 0.1) is 5.82 Å². The number of thiazole rings is 1. The van der Waals surface area contributed by atoms with Gasteiger partial charge < -0.3 is 4.74 Å². The van der Waals surface area contributed by atoms with E-state index in [2.05, 4.69) is 15.0 Å². The molecule has 0 saturated heterocycles. The highest BCUT2D eigenvalue weighted by Crippen LogP contribution is 2.31. The standard InChI is InChI=1S/C14H14FN3O4S2/c1-22-14(19)17-13-16-10-6-7-18(8-11(10)23-13)24(20,21)12-5-3-2-4-9(12)15/h2-5H,6-8H2,1H3,(H,16,17,19). The normalized spacial score (nSPS) is 14.9. The van der Waals surface area contributed by atoms with Gasteiger partial charge in [-0.25, -0.2) is 22.6 Å². The summed E-state index contributed by atoms with van der Waals surface area (Å²) in [5, 5.41) is 2.81. The third-order valence-corrected chi connectivity index (χ3v) is 6.42. The minimum absolute atomic E-state index is 0.0898. The van der Waals surface area contributed by atoms with E-state index in [0.717, 1.165) is 11.8 Å². The van der Waals surface area contributed by atoms with Crippen molar-refractivity contribution in [1.29, 1.82) is 0 Å². The number of sulfonamides is 1. The molecule has 1 amide bonds. The van der Waals surface area contributed by atoms with Gasteiger partial charge in [0.25, 0.3) is 0 Å². The molecule has 0 fully saturated rings. The molecule has 0 bridgehead atoms. The van der Waals surface area contributed by atoms with Crippen LogP contribution >= 0.6 is 11.3 Å². The smallest absolute Gasteiger partial charge is 0.413 e. The molecular formula is C14H14FN3O4S2. The molecule has 3 rings (SSSR count). The molecule has 1 N–H and O–H groups in total. The number of anilines is 1. The second-order valence-electron chi connectivity index (χ2n) is 5.02. The van der Waals surface area contributed by atoms with Crippen LogP contribution in [0.3, 0.4) is 0 Å². The maximum atomic E-state index is 13.8. The zero-order chi connectivity index (χ0) is 17.3. The number of ether oxygens (including phenoxy) is 1. The van der Waals surface area contributed by atoms with Crippen molar-refractivity contribution in [2.45, 2.75) is 17.9 Å². The number of halogens is 1. The monoisotopic (exact) mass is 371 g/mol. The molecule has 0 radical (unpaired) electrons. The molecule has 2 aromatic rings.